The third kappa shape index (κ3) is 23.6. The second kappa shape index (κ2) is 26.2. The number of ether oxygens (including phenoxy) is 1. The van der Waals surface area contributed by atoms with Gasteiger partial charge in [-0.05, 0) is 39.5 Å². The largest absolute Gasteiger partial charge is 0.369 e. The highest BCUT2D eigenvalue weighted by Gasteiger charge is 2.34. The fourth-order valence-corrected chi connectivity index (χ4v) is 6.17. The SMILES string of the molecule is CCCCCCCCC(C)(CCCCCCCC)OC(C)(CCCCCCCC)CCCCCCCC. The minimum atomic E-state index is 0.0642. The molecule has 0 aromatic heterocycles. The lowest BCUT2D eigenvalue weighted by atomic mass is 9.86. The van der Waals surface area contributed by atoms with Crippen molar-refractivity contribution in [3.8, 4) is 0 Å². The summed E-state index contributed by atoms with van der Waals surface area (Å²) in [4.78, 5) is 0. The molecule has 0 unspecified atom stereocenters. The summed E-state index contributed by atoms with van der Waals surface area (Å²) in [6, 6.07) is 0. The van der Waals surface area contributed by atoms with Crippen molar-refractivity contribution >= 4 is 0 Å². The average molecular weight is 523 g/mol. The summed E-state index contributed by atoms with van der Waals surface area (Å²) in [5.74, 6) is 0. The molecule has 0 aliphatic carbocycles. The fraction of sp³-hybridized carbons (Fsp3) is 1.00. The second-order valence-corrected chi connectivity index (χ2v) is 13.1. The van der Waals surface area contributed by atoms with Gasteiger partial charge in [-0.15, -0.1) is 0 Å². The Bertz CT molecular complexity index is 370. The molecule has 1 heteroatoms. The Morgan fingerprint density at radius 3 is 0.703 bits per heavy atom. The summed E-state index contributed by atoms with van der Waals surface area (Å²) in [5.41, 5.74) is 0.128. The highest BCUT2D eigenvalue weighted by Crippen LogP contribution is 2.37. The molecule has 0 N–H and O–H groups in total. The number of unbranched alkanes of at least 4 members (excludes halogenated alkanes) is 20. The number of rotatable bonds is 30. The first kappa shape index (κ1) is 37.0. The summed E-state index contributed by atoms with van der Waals surface area (Å²) < 4.78 is 7.34. The Morgan fingerprint density at radius 1 is 0.297 bits per heavy atom. The van der Waals surface area contributed by atoms with E-state index in [2.05, 4.69) is 41.5 Å². The third-order valence-corrected chi connectivity index (χ3v) is 8.73. The molecule has 224 valence electrons. The lowest BCUT2D eigenvalue weighted by molar-refractivity contribution is -0.157. The molecule has 0 spiro atoms. The van der Waals surface area contributed by atoms with Crippen molar-refractivity contribution in [2.75, 3.05) is 0 Å². The highest BCUT2D eigenvalue weighted by atomic mass is 16.5. The van der Waals surface area contributed by atoms with Gasteiger partial charge in [-0.25, -0.2) is 0 Å². The molecule has 0 fully saturated rings. The van der Waals surface area contributed by atoms with Crippen LogP contribution in [0.15, 0.2) is 0 Å². The van der Waals surface area contributed by atoms with Gasteiger partial charge in [0.05, 0.1) is 11.2 Å². The molecular weight excluding hydrogens is 448 g/mol. The molecule has 0 amide bonds. The summed E-state index contributed by atoms with van der Waals surface area (Å²) in [7, 11) is 0. The maximum atomic E-state index is 7.34. The quantitative estimate of drug-likeness (QED) is 0.0852. The lowest BCUT2D eigenvalue weighted by Crippen LogP contribution is -2.41. The van der Waals surface area contributed by atoms with Crippen LogP contribution < -0.4 is 0 Å². The van der Waals surface area contributed by atoms with Crippen LogP contribution in [0.25, 0.3) is 0 Å². The third-order valence-electron chi connectivity index (χ3n) is 8.73. The van der Waals surface area contributed by atoms with Crippen molar-refractivity contribution in [1.82, 2.24) is 0 Å². The van der Waals surface area contributed by atoms with Crippen LogP contribution in [0.4, 0.5) is 0 Å². The molecule has 37 heavy (non-hydrogen) atoms. The molecule has 1 nitrogen and oxygen atoms in total. The van der Waals surface area contributed by atoms with Crippen LogP contribution in [-0.2, 0) is 4.74 Å². The summed E-state index contributed by atoms with van der Waals surface area (Å²) in [6.45, 7) is 14.3. The van der Waals surface area contributed by atoms with Crippen molar-refractivity contribution in [2.24, 2.45) is 0 Å². The number of hydrogen-bond acceptors (Lipinski definition) is 1. The van der Waals surface area contributed by atoms with Gasteiger partial charge in [-0.3, -0.25) is 0 Å². The van der Waals surface area contributed by atoms with Gasteiger partial charge in [0.1, 0.15) is 0 Å². The van der Waals surface area contributed by atoms with Crippen LogP contribution in [0.5, 0.6) is 0 Å². The lowest BCUT2D eigenvalue weighted by Gasteiger charge is -2.42. The monoisotopic (exact) mass is 523 g/mol. The maximum absolute atomic E-state index is 7.34. The highest BCUT2D eigenvalue weighted by molar-refractivity contribution is 4.84. The van der Waals surface area contributed by atoms with Crippen LogP contribution in [0.2, 0.25) is 0 Å². The normalized spacial score (nSPS) is 12.5. The molecule has 0 aliphatic rings. The average Bonchev–Trinajstić information content (AvgIpc) is 2.88. The first-order chi connectivity index (χ1) is 17.9. The van der Waals surface area contributed by atoms with Crippen molar-refractivity contribution in [2.45, 2.75) is 233 Å². The molecule has 0 aromatic rings. The van der Waals surface area contributed by atoms with Crippen molar-refractivity contribution in [3.05, 3.63) is 0 Å². The summed E-state index contributed by atoms with van der Waals surface area (Å²) >= 11 is 0. The summed E-state index contributed by atoms with van der Waals surface area (Å²) in [6.07, 6.45) is 38.3. The first-order valence-corrected chi connectivity index (χ1v) is 17.7. The van der Waals surface area contributed by atoms with Crippen molar-refractivity contribution < 1.29 is 4.74 Å². The van der Waals surface area contributed by atoms with E-state index in [-0.39, 0.29) is 11.2 Å². The minimum absolute atomic E-state index is 0.0642. The number of hydrogen-bond donors (Lipinski definition) is 0. The zero-order valence-corrected chi connectivity index (χ0v) is 27.2. The second-order valence-electron chi connectivity index (χ2n) is 13.1. The van der Waals surface area contributed by atoms with E-state index in [0.717, 1.165) is 0 Å². The molecule has 0 saturated heterocycles. The molecule has 0 atom stereocenters. The van der Waals surface area contributed by atoms with Crippen molar-refractivity contribution in [1.29, 1.82) is 0 Å². The van der Waals surface area contributed by atoms with Gasteiger partial charge in [0.25, 0.3) is 0 Å². The van der Waals surface area contributed by atoms with E-state index in [1.807, 2.05) is 0 Å². The van der Waals surface area contributed by atoms with Crippen LogP contribution in [0, 0.1) is 0 Å². The molecule has 0 rings (SSSR count). The van der Waals surface area contributed by atoms with Crippen LogP contribution >= 0.6 is 0 Å². The zero-order chi connectivity index (χ0) is 27.5. The predicted molar refractivity (Wildman–Crippen MR) is 170 cm³/mol. The summed E-state index contributed by atoms with van der Waals surface area (Å²) in [5, 5.41) is 0. The Labute approximate surface area is 237 Å². The molecule has 0 bridgehead atoms. The van der Waals surface area contributed by atoms with E-state index in [0.29, 0.717) is 0 Å². The smallest absolute Gasteiger partial charge is 0.0662 e. The Kier molecular flexibility index (Phi) is 26.2. The molecule has 0 heterocycles. The Balaban J connectivity index is 5.03. The molecule has 0 saturated carbocycles. The van der Waals surface area contributed by atoms with E-state index < -0.39 is 0 Å². The van der Waals surface area contributed by atoms with Crippen molar-refractivity contribution in [3.63, 3.8) is 0 Å². The van der Waals surface area contributed by atoms with E-state index in [4.69, 9.17) is 4.74 Å². The standard InChI is InChI=1S/C36H74O/c1-7-11-15-19-23-27-31-35(5,32-28-24-20-16-12-8-2)37-36(6,33-29-25-21-17-13-9-3)34-30-26-22-18-14-10-4/h7-34H2,1-6H3. The minimum Gasteiger partial charge on any atom is -0.369 e. The van der Waals surface area contributed by atoms with E-state index in [1.165, 1.54) is 180 Å². The van der Waals surface area contributed by atoms with Gasteiger partial charge in [0.2, 0.25) is 0 Å². The van der Waals surface area contributed by atoms with Gasteiger partial charge < -0.3 is 4.74 Å². The van der Waals surface area contributed by atoms with E-state index in [9.17, 15) is 0 Å². The van der Waals surface area contributed by atoms with Crippen LogP contribution in [0.3, 0.4) is 0 Å². The maximum Gasteiger partial charge on any atom is 0.0662 e. The van der Waals surface area contributed by atoms with Crippen LogP contribution in [0.1, 0.15) is 221 Å². The van der Waals surface area contributed by atoms with Gasteiger partial charge >= 0.3 is 0 Å². The van der Waals surface area contributed by atoms with E-state index in [1.54, 1.807) is 0 Å². The molecular formula is C36H74O. The molecule has 0 aliphatic heterocycles. The van der Waals surface area contributed by atoms with Gasteiger partial charge in [-0.2, -0.15) is 0 Å². The Hall–Kier alpha value is -0.0400. The van der Waals surface area contributed by atoms with Crippen LogP contribution in [-0.4, -0.2) is 11.2 Å². The van der Waals surface area contributed by atoms with Gasteiger partial charge in [0.15, 0.2) is 0 Å². The predicted octanol–water partition coefficient (Wildman–Crippen LogP) is 13.5. The zero-order valence-electron chi connectivity index (χ0n) is 27.2. The fourth-order valence-electron chi connectivity index (χ4n) is 6.17. The first-order valence-electron chi connectivity index (χ1n) is 17.7. The topological polar surface area (TPSA) is 9.23 Å². The van der Waals surface area contributed by atoms with E-state index >= 15 is 0 Å². The Morgan fingerprint density at radius 2 is 0.486 bits per heavy atom. The van der Waals surface area contributed by atoms with Gasteiger partial charge in [0, 0.05) is 0 Å². The molecule has 0 radical (unpaired) electrons. The molecule has 0 aromatic carbocycles. The van der Waals surface area contributed by atoms with Gasteiger partial charge in [-0.1, -0.05) is 182 Å².